The molecular formula is C23H22FN3O4. The summed E-state index contributed by atoms with van der Waals surface area (Å²) in [7, 11) is 0. The topological polar surface area (TPSA) is 85.5 Å². The van der Waals surface area contributed by atoms with Gasteiger partial charge in [0.2, 0.25) is 5.82 Å². The van der Waals surface area contributed by atoms with Gasteiger partial charge in [-0.05, 0) is 50.1 Å². The van der Waals surface area contributed by atoms with E-state index < -0.39 is 0 Å². The van der Waals surface area contributed by atoms with Crippen LogP contribution in [0.1, 0.15) is 30.1 Å². The van der Waals surface area contributed by atoms with Crippen LogP contribution >= 0.6 is 0 Å². The maximum atomic E-state index is 13.5. The molecule has 0 unspecified atom stereocenters. The number of aromatic nitrogens is 2. The number of ether oxygens (including phenoxy) is 1. The van der Waals surface area contributed by atoms with E-state index in [1.165, 1.54) is 12.1 Å². The minimum Gasteiger partial charge on any atom is -0.466 e. The van der Waals surface area contributed by atoms with E-state index in [9.17, 15) is 14.0 Å². The summed E-state index contributed by atoms with van der Waals surface area (Å²) in [5.41, 5.74) is 1.55. The normalized spacial score (nSPS) is 16.2. The van der Waals surface area contributed by atoms with E-state index >= 15 is 0 Å². The van der Waals surface area contributed by atoms with Crippen LogP contribution in [0.4, 0.5) is 4.39 Å². The lowest BCUT2D eigenvalue weighted by atomic mass is 9.97. The van der Waals surface area contributed by atoms with Gasteiger partial charge in [0.25, 0.3) is 11.8 Å². The Morgan fingerprint density at radius 3 is 2.81 bits per heavy atom. The second-order valence-electron chi connectivity index (χ2n) is 7.36. The van der Waals surface area contributed by atoms with Crippen molar-refractivity contribution in [3.05, 3.63) is 59.9 Å². The number of nitrogens with zero attached hydrogens (tertiary/aromatic N) is 3. The number of hydrogen-bond acceptors (Lipinski definition) is 6. The molecule has 31 heavy (non-hydrogen) atoms. The van der Waals surface area contributed by atoms with Crippen molar-refractivity contribution >= 4 is 11.9 Å². The van der Waals surface area contributed by atoms with Crippen LogP contribution in [0.25, 0.3) is 22.8 Å². The second kappa shape index (κ2) is 9.07. The number of esters is 1. The number of likely N-dealkylation sites (tertiary alicyclic amines) is 1. The molecular weight excluding hydrogens is 401 g/mol. The molecule has 0 bridgehead atoms. The van der Waals surface area contributed by atoms with Crippen LogP contribution in [0.3, 0.4) is 0 Å². The molecule has 1 aliphatic rings. The fraction of sp³-hybridized carbons (Fsp3) is 0.304. The Labute approximate surface area is 178 Å². The number of piperidine rings is 1. The third kappa shape index (κ3) is 4.63. The molecule has 2 heterocycles. The minimum atomic E-state index is -0.390. The third-order valence-electron chi connectivity index (χ3n) is 5.19. The lowest BCUT2D eigenvalue weighted by Crippen LogP contribution is -2.42. The summed E-state index contributed by atoms with van der Waals surface area (Å²) in [4.78, 5) is 31.1. The van der Waals surface area contributed by atoms with Gasteiger partial charge in [0.05, 0.1) is 12.5 Å². The summed E-state index contributed by atoms with van der Waals surface area (Å²) in [6.07, 6.45) is 1.46. The van der Waals surface area contributed by atoms with E-state index in [1.54, 1.807) is 48.2 Å². The lowest BCUT2D eigenvalue weighted by molar-refractivity contribution is -0.149. The van der Waals surface area contributed by atoms with Gasteiger partial charge < -0.3 is 14.2 Å². The van der Waals surface area contributed by atoms with Crippen molar-refractivity contribution in [1.29, 1.82) is 0 Å². The van der Waals surface area contributed by atoms with Gasteiger partial charge in [-0.25, -0.2) is 4.39 Å². The van der Waals surface area contributed by atoms with Crippen molar-refractivity contribution < 1.29 is 23.2 Å². The van der Waals surface area contributed by atoms with Gasteiger partial charge in [-0.15, -0.1) is 0 Å². The van der Waals surface area contributed by atoms with E-state index in [2.05, 4.69) is 10.1 Å². The first-order valence-corrected chi connectivity index (χ1v) is 10.2. The van der Waals surface area contributed by atoms with Crippen LogP contribution in [0, 0.1) is 11.7 Å². The molecule has 1 aliphatic heterocycles. The predicted molar refractivity (Wildman–Crippen MR) is 110 cm³/mol. The van der Waals surface area contributed by atoms with Gasteiger partial charge >= 0.3 is 5.97 Å². The molecule has 7 nitrogen and oxygen atoms in total. The largest absolute Gasteiger partial charge is 0.466 e. The van der Waals surface area contributed by atoms with E-state index in [0.29, 0.717) is 42.8 Å². The summed E-state index contributed by atoms with van der Waals surface area (Å²) in [6, 6.07) is 12.8. The number of benzene rings is 2. The van der Waals surface area contributed by atoms with Gasteiger partial charge in [-0.1, -0.05) is 23.4 Å². The Balaban J connectivity index is 1.52. The summed E-state index contributed by atoms with van der Waals surface area (Å²) in [5.74, 6) is -0.619. The Hall–Kier alpha value is -3.55. The van der Waals surface area contributed by atoms with Crippen LogP contribution in [0.15, 0.2) is 53.1 Å². The standard InChI is InChI=1S/C23H22FN3O4/c1-2-30-23(29)18-9-5-11-27(14-18)22(28)17-8-3-7-16(12-17)21-25-20(26-31-21)15-6-4-10-19(24)13-15/h3-4,6-8,10,12-13,18H,2,5,9,11,14H2,1H3/t18-/m0/s1. The third-order valence-corrected chi connectivity index (χ3v) is 5.19. The van der Waals surface area contributed by atoms with Crippen molar-refractivity contribution in [1.82, 2.24) is 15.0 Å². The van der Waals surface area contributed by atoms with E-state index in [0.717, 1.165) is 6.42 Å². The molecule has 0 aliphatic carbocycles. The van der Waals surface area contributed by atoms with Gasteiger partial charge in [0.1, 0.15) is 5.82 Å². The first-order chi connectivity index (χ1) is 15.0. The van der Waals surface area contributed by atoms with Gasteiger partial charge in [0, 0.05) is 29.8 Å². The molecule has 1 saturated heterocycles. The number of carbonyl (C=O) groups is 2. The Kier molecular flexibility index (Phi) is 6.06. The van der Waals surface area contributed by atoms with Gasteiger partial charge in [0.15, 0.2) is 0 Å². The highest BCUT2D eigenvalue weighted by atomic mass is 19.1. The van der Waals surface area contributed by atoms with Crippen molar-refractivity contribution in [2.45, 2.75) is 19.8 Å². The van der Waals surface area contributed by atoms with Gasteiger partial charge in [-0.2, -0.15) is 4.98 Å². The van der Waals surface area contributed by atoms with Crippen molar-refractivity contribution in [2.24, 2.45) is 5.92 Å². The highest BCUT2D eigenvalue weighted by Crippen LogP contribution is 2.25. The van der Waals surface area contributed by atoms with E-state index in [1.807, 2.05) is 0 Å². The maximum Gasteiger partial charge on any atom is 0.310 e. The van der Waals surface area contributed by atoms with Crippen molar-refractivity contribution in [2.75, 3.05) is 19.7 Å². The summed E-state index contributed by atoms with van der Waals surface area (Å²) in [5, 5.41) is 3.92. The van der Waals surface area contributed by atoms with Crippen LogP contribution in [-0.2, 0) is 9.53 Å². The van der Waals surface area contributed by atoms with Crippen molar-refractivity contribution in [3.8, 4) is 22.8 Å². The Bertz CT molecular complexity index is 1100. The summed E-state index contributed by atoms with van der Waals surface area (Å²) in [6.45, 7) is 3.02. The molecule has 4 rings (SSSR count). The van der Waals surface area contributed by atoms with Crippen molar-refractivity contribution in [3.63, 3.8) is 0 Å². The molecule has 1 aromatic heterocycles. The Morgan fingerprint density at radius 1 is 1.19 bits per heavy atom. The number of hydrogen-bond donors (Lipinski definition) is 0. The quantitative estimate of drug-likeness (QED) is 0.578. The maximum absolute atomic E-state index is 13.5. The number of carbonyl (C=O) groups excluding carboxylic acids is 2. The first-order valence-electron chi connectivity index (χ1n) is 10.2. The molecule has 0 N–H and O–H groups in total. The zero-order valence-electron chi connectivity index (χ0n) is 17.1. The van der Waals surface area contributed by atoms with Gasteiger partial charge in [-0.3, -0.25) is 9.59 Å². The Morgan fingerprint density at radius 2 is 2.00 bits per heavy atom. The summed E-state index contributed by atoms with van der Waals surface area (Å²) < 4.78 is 23.9. The average molecular weight is 423 g/mol. The van der Waals surface area contributed by atoms with Crippen LogP contribution < -0.4 is 0 Å². The number of amides is 1. The predicted octanol–water partition coefficient (Wildman–Crippen LogP) is 3.96. The van der Waals surface area contributed by atoms with Crippen LogP contribution in [0.5, 0.6) is 0 Å². The zero-order valence-corrected chi connectivity index (χ0v) is 17.1. The van der Waals surface area contributed by atoms with E-state index in [4.69, 9.17) is 9.26 Å². The minimum absolute atomic E-state index is 0.166. The monoisotopic (exact) mass is 423 g/mol. The molecule has 8 heteroatoms. The fourth-order valence-electron chi connectivity index (χ4n) is 3.67. The lowest BCUT2D eigenvalue weighted by Gasteiger charge is -2.31. The number of rotatable bonds is 5. The molecule has 1 atom stereocenters. The molecule has 0 saturated carbocycles. The van der Waals surface area contributed by atoms with E-state index in [-0.39, 0.29) is 35.3 Å². The summed E-state index contributed by atoms with van der Waals surface area (Å²) >= 11 is 0. The smallest absolute Gasteiger partial charge is 0.310 e. The highest BCUT2D eigenvalue weighted by Gasteiger charge is 2.30. The molecule has 3 aromatic rings. The molecule has 0 radical (unpaired) electrons. The first kappa shape index (κ1) is 20.7. The molecule has 1 fully saturated rings. The molecule has 2 aromatic carbocycles. The average Bonchev–Trinajstić information content (AvgIpc) is 3.29. The fourth-order valence-corrected chi connectivity index (χ4v) is 3.67. The molecule has 160 valence electrons. The second-order valence-corrected chi connectivity index (χ2v) is 7.36. The van der Waals surface area contributed by atoms with Crippen LogP contribution in [-0.4, -0.2) is 46.6 Å². The van der Waals surface area contributed by atoms with Crippen LogP contribution in [0.2, 0.25) is 0 Å². The zero-order chi connectivity index (χ0) is 21.8. The molecule has 1 amide bonds. The molecule has 0 spiro atoms. The highest BCUT2D eigenvalue weighted by molar-refractivity contribution is 5.95. The SMILES string of the molecule is CCOC(=O)[C@H]1CCCN(C(=O)c2cccc(-c3nc(-c4cccc(F)c4)no3)c2)C1. The number of halogens is 1.